The summed E-state index contributed by atoms with van der Waals surface area (Å²) in [6.07, 6.45) is 0. The van der Waals surface area contributed by atoms with Gasteiger partial charge in [-0.25, -0.2) is 17.9 Å². The van der Waals surface area contributed by atoms with Crippen LogP contribution in [0.15, 0.2) is 57.8 Å². The number of carbonyl (C=O) groups excluding carboxylic acids is 1. The third-order valence-corrected chi connectivity index (χ3v) is 5.04. The van der Waals surface area contributed by atoms with Gasteiger partial charge >= 0.3 is 6.03 Å². The van der Waals surface area contributed by atoms with Crippen molar-refractivity contribution in [3.8, 4) is 11.5 Å². The first-order valence-electron chi connectivity index (χ1n) is 8.10. The molecule has 2 amide bonds. The van der Waals surface area contributed by atoms with Gasteiger partial charge in [0.1, 0.15) is 0 Å². The average molecular weight is 386 g/mol. The van der Waals surface area contributed by atoms with Gasteiger partial charge in [0.05, 0.1) is 11.4 Å². The molecule has 0 atom stereocenters. The molecule has 3 rings (SSSR count). The van der Waals surface area contributed by atoms with E-state index in [1.165, 1.54) is 12.1 Å². The molecule has 0 bridgehead atoms. The number of carbonyl (C=O) groups is 1. The lowest BCUT2D eigenvalue weighted by Gasteiger charge is -2.07. The molecule has 27 heavy (non-hydrogen) atoms. The summed E-state index contributed by atoms with van der Waals surface area (Å²) >= 11 is 0. The van der Waals surface area contributed by atoms with E-state index < -0.39 is 16.1 Å². The highest BCUT2D eigenvalue weighted by Gasteiger charge is 2.18. The number of rotatable bonds is 5. The summed E-state index contributed by atoms with van der Waals surface area (Å²) in [6, 6.07) is 12.8. The van der Waals surface area contributed by atoms with E-state index in [9.17, 15) is 13.2 Å². The Morgan fingerprint density at radius 1 is 1.04 bits per heavy atom. The molecule has 8 nitrogen and oxygen atoms in total. The number of amides is 2. The molecule has 0 fully saturated rings. The first-order valence-corrected chi connectivity index (χ1v) is 9.58. The largest absolute Gasteiger partial charge is 0.419 e. The van der Waals surface area contributed by atoms with Gasteiger partial charge in [-0.2, -0.15) is 0 Å². The fraction of sp³-hybridized carbons (Fsp3) is 0.167. The zero-order valence-corrected chi connectivity index (χ0v) is 15.6. The molecule has 1 heterocycles. The summed E-state index contributed by atoms with van der Waals surface area (Å²) in [5.41, 5.74) is 2.73. The SMILES string of the molecule is Cc1ccc(S(=O)(=O)NC(=O)NCc2nnc(-c3cccc(C)c3)o2)cc1. The maximum absolute atomic E-state index is 12.2. The molecule has 1 aromatic heterocycles. The van der Waals surface area contributed by atoms with Crippen molar-refractivity contribution in [1.82, 2.24) is 20.2 Å². The summed E-state index contributed by atoms with van der Waals surface area (Å²) in [5, 5.41) is 10.2. The highest BCUT2D eigenvalue weighted by molar-refractivity contribution is 7.90. The van der Waals surface area contributed by atoms with Crippen molar-refractivity contribution in [1.29, 1.82) is 0 Å². The van der Waals surface area contributed by atoms with E-state index in [1.807, 2.05) is 42.8 Å². The van der Waals surface area contributed by atoms with Crippen molar-refractivity contribution in [2.24, 2.45) is 0 Å². The van der Waals surface area contributed by atoms with Gasteiger partial charge < -0.3 is 9.73 Å². The zero-order valence-electron chi connectivity index (χ0n) is 14.8. The molecule has 2 N–H and O–H groups in total. The van der Waals surface area contributed by atoms with Crippen molar-refractivity contribution in [2.45, 2.75) is 25.3 Å². The van der Waals surface area contributed by atoms with Crippen LogP contribution >= 0.6 is 0 Å². The number of sulfonamides is 1. The van der Waals surface area contributed by atoms with Gasteiger partial charge in [0.25, 0.3) is 10.0 Å². The number of urea groups is 1. The Bertz CT molecular complexity index is 1060. The van der Waals surface area contributed by atoms with E-state index in [-0.39, 0.29) is 17.3 Å². The van der Waals surface area contributed by atoms with Crippen LogP contribution in [0.5, 0.6) is 0 Å². The number of aromatic nitrogens is 2. The topological polar surface area (TPSA) is 114 Å². The summed E-state index contributed by atoms with van der Waals surface area (Å²) in [7, 11) is -3.95. The standard InChI is InChI=1S/C18H18N4O4S/c1-12-6-8-15(9-7-12)27(24,25)22-18(23)19-11-16-20-21-17(26-16)14-5-3-4-13(2)10-14/h3-10H,11H2,1-2H3,(H2,19,22,23). The van der Waals surface area contributed by atoms with Crippen LogP contribution in [0.1, 0.15) is 17.0 Å². The van der Waals surface area contributed by atoms with Crippen LogP contribution in [0.2, 0.25) is 0 Å². The van der Waals surface area contributed by atoms with E-state index in [0.717, 1.165) is 16.7 Å². The summed E-state index contributed by atoms with van der Waals surface area (Å²) in [4.78, 5) is 11.9. The predicted molar refractivity (Wildman–Crippen MR) is 98.2 cm³/mol. The molecule has 3 aromatic rings. The van der Waals surface area contributed by atoms with Crippen molar-refractivity contribution in [3.05, 3.63) is 65.5 Å². The Balaban J connectivity index is 1.60. The van der Waals surface area contributed by atoms with Crippen LogP contribution < -0.4 is 10.0 Å². The van der Waals surface area contributed by atoms with Crippen molar-refractivity contribution >= 4 is 16.1 Å². The number of benzene rings is 2. The lowest BCUT2D eigenvalue weighted by atomic mass is 10.1. The van der Waals surface area contributed by atoms with Crippen molar-refractivity contribution in [2.75, 3.05) is 0 Å². The molecule has 0 radical (unpaired) electrons. The number of hydrogen-bond acceptors (Lipinski definition) is 6. The molecule has 9 heteroatoms. The van der Waals surface area contributed by atoms with Gasteiger partial charge in [-0.3, -0.25) is 0 Å². The Hall–Kier alpha value is -3.20. The molecule has 0 saturated heterocycles. The minimum atomic E-state index is -3.95. The smallest absolute Gasteiger partial charge is 0.329 e. The Morgan fingerprint density at radius 3 is 2.48 bits per heavy atom. The molecule has 0 unspecified atom stereocenters. The highest BCUT2D eigenvalue weighted by atomic mass is 32.2. The predicted octanol–water partition coefficient (Wildman–Crippen LogP) is 2.54. The quantitative estimate of drug-likeness (QED) is 0.696. The van der Waals surface area contributed by atoms with Crippen molar-refractivity contribution in [3.63, 3.8) is 0 Å². The number of nitrogens with one attached hydrogen (secondary N) is 2. The van der Waals surface area contributed by atoms with E-state index in [0.29, 0.717) is 5.89 Å². The fourth-order valence-electron chi connectivity index (χ4n) is 2.31. The fourth-order valence-corrected chi connectivity index (χ4v) is 3.24. The molecule has 0 aliphatic carbocycles. The Morgan fingerprint density at radius 2 is 1.78 bits per heavy atom. The molecule has 0 aliphatic rings. The third-order valence-electron chi connectivity index (χ3n) is 3.69. The Labute approximate surface area is 156 Å². The second kappa shape index (κ2) is 7.58. The molecule has 0 aliphatic heterocycles. The zero-order chi connectivity index (χ0) is 19.4. The monoisotopic (exact) mass is 386 g/mol. The molecule has 0 spiro atoms. The van der Waals surface area contributed by atoms with Crippen LogP contribution in [-0.4, -0.2) is 24.6 Å². The van der Waals surface area contributed by atoms with Gasteiger partial charge in [0.15, 0.2) is 0 Å². The minimum Gasteiger partial charge on any atom is -0.419 e. The van der Waals surface area contributed by atoms with Crippen LogP contribution in [0.25, 0.3) is 11.5 Å². The van der Waals surface area contributed by atoms with Gasteiger partial charge in [0, 0.05) is 5.56 Å². The van der Waals surface area contributed by atoms with Crippen LogP contribution in [0, 0.1) is 13.8 Å². The lowest BCUT2D eigenvalue weighted by Crippen LogP contribution is -2.39. The third kappa shape index (κ3) is 4.70. The second-order valence-corrected chi connectivity index (χ2v) is 7.65. The van der Waals surface area contributed by atoms with Crippen molar-refractivity contribution < 1.29 is 17.6 Å². The molecular weight excluding hydrogens is 368 g/mol. The van der Waals surface area contributed by atoms with Crippen LogP contribution in [-0.2, 0) is 16.6 Å². The lowest BCUT2D eigenvalue weighted by molar-refractivity contribution is 0.244. The number of hydrogen-bond donors (Lipinski definition) is 2. The van der Waals surface area contributed by atoms with Gasteiger partial charge in [-0.1, -0.05) is 35.4 Å². The van der Waals surface area contributed by atoms with E-state index in [4.69, 9.17) is 4.42 Å². The van der Waals surface area contributed by atoms with Crippen LogP contribution in [0.3, 0.4) is 0 Å². The van der Waals surface area contributed by atoms with E-state index in [1.54, 1.807) is 12.1 Å². The van der Waals surface area contributed by atoms with E-state index in [2.05, 4.69) is 15.5 Å². The Kier molecular flexibility index (Phi) is 5.22. The molecule has 140 valence electrons. The van der Waals surface area contributed by atoms with E-state index >= 15 is 0 Å². The maximum Gasteiger partial charge on any atom is 0.329 e. The van der Waals surface area contributed by atoms with Gasteiger partial charge in [0.2, 0.25) is 11.8 Å². The maximum atomic E-state index is 12.2. The molecule has 2 aromatic carbocycles. The minimum absolute atomic E-state index is 0.00257. The van der Waals surface area contributed by atoms with Gasteiger partial charge in [-0.05, 0) is 38.1 Å². The molecule has 0 saturated carbocycles. The number of nitrogens with zero attached hydrogens (tertiary/aromatic N) is 2. The van der Waals surface area contributed by atoms with Crippen LogP contribution in [0.4, 0.5) is 4.79 Å². The highest BCUT2D eigenvalue weighted by Crippen LogP contribution is 2.18. The van der Waals surface area contributed by atoms with Gasteiger partial charge in [-0.15, -0.1) is 10.2 Å². The first kappa shape index (κ1) is 18.6. The average Bonchev–Trinajstić information content (AvgIpc) is 3.09. The summed E-state index contributed by atoms with van der Waals surface area (Å²) in [6.45, 7) is 3.68. The normalized spacial score (nSPS) is 11.2. The number of aryl methyl sites for hydroxylation is 2. The summed E-state index contributed by atoms with van der Waals surface area (Å²) in [5.74, 6) is 0.484. The second-order valence-electron chi connectivity index (χ2n) is 5.97. The summed E-state index contributed by atoms with van der Waals surface area (Å²) < 4.78 is 31.8. The first-order chi connectivity index (χ1) is 12.8. The molecular formula is C18H18N4O4S.